The molecule has 2 N–H and O–H groups in total. The number of rotatable bonds is 6. The third kappa shape index (κ3) is 5.93. The van der Waals surface area contributed by atoms with Crippen molar-refractivity contribution in [2.24, 2.45) is 11.8 Å². The van der Waals surface area contributed by atoms with Crippen molar-refractivity contribution in [2.75, 3.05) is 0 Å². The Morgan fingerprint density at radius 1 is 0.692 bits per heavy atom. The second kappa shape index (κ2) is 10.7. The minimum atomic E-state index is -0.388. The molecule has 2 aliphatic rings. The van der Waals surface area contributed by atoms with Crippen LogP contribution in [-0.4, -0.2) is 22.2 Å². The van der Waals surface area contributed by atoms with Crippen LogP contribution >= 0.6 is 12.3 Å². The van der Waals surface area contributed by atoms with E-state index in [0.717, 1.165) is 46.2 Å². The highest BCUT2D eigenvalue weighted by Gasteiger charge is 2.42. The molecule has 0 spiro atoms. The highest BCUT2D eigenvalue weighted by atomic mass is 32.2. The summed E-state index contributed by atoms with van der Waals surface area (Å²) in [4.78, 5) is 25.7. The fourth-order valence-corrected chi connectivity index (χ4v) is 6.17. The quantitative estimate of drug-likeness (QED) is 0.354. The molecule has 4 unspecified atom stereocenters. The van der Waals surface area contributed by atoms with Crippen LogP contribution in [0.3, 0.4) is 0 Å². The zero-order chi connectivity index (χ0) is 28.9. The van der Waals surface area contributed by atoms with Crippen LogP contribution in [0.25, 0.3) is 0 Å². The van der Waals surface area contributed by atoms with E-state index in [-0.39, 0.29) is 46.4 Å². The molecule has 39 heavy (non-hydrogen) atoms. The van der Waals surface area contributed by atoms with Gasteiger partial charge >= 0.3 is 11.9 Å². The molecule has 4 atom stereocenters. The molecule has 4 rings (SSSR count). The molecule has 2 aromatic carbocycles. The molecule has 0 bridgehead atoms. The number of phenols is 2. The van der Waals surface area contributed by atoms with Crippen molar-refractivity contribution in [3.63, 3.8) is 0 Å². The largest absolute Gasteiger partial charge is 0.507 e. The Kier molecular flexibility index (Phi) is 8.06. The molecule has 0 aromatic heterocycles. The first-order valence-electron chi connectivity index (χ1n) is 13.9. The second-order valence-corrected chi connectivity index (χ2v) is 13.9. The van der Waals surface area contributed by atoms with E-state index in [4.69, 9.17) is 8.37 Å². The van der Waals surface area contributed by atoms with E-state index in [9.17, 15) is 19.8 Å². The van der Waals surface area contributed by atoms with Crippen molar-refractivity contribution in [2.45, 2.75) is 104 Å². The number of hydrogen-bond donors (Lipinski definition) is 2. The van der Waals surface area contributed by atoms with Crippen molar-refractivity contribution in [1.82, 2.24) is 0 Å². The first kappa shape index (κ1) is 29.3. The Labute approximate surface area is 236 Å². The summed E-state index contributed by atoms with van der Waals surface area (Å²) in [6.45, 7) is 16.1. The summed E-state index contributed by atoms with van der Waals surface area (Å²) in [5.74, 6) is -0.750. The van der Waals surface area contributed by atoms with Gasteiger partial charge in [0, 0.05) is 0 Å². The van der Waals surface area contributed by atoms with Gasteiger partial charge in [-0.3, -0.25) is 9.59 Å². The lowest BCUT2D eigenvalue weighted by atomic mass is 9.69. The molecule has 0 saturated heterocycles. The summed E-state index contributed by atoms with van der Waals surface area (Å²) >= 11 is 0.466. The minimum absolute atomic E-state index is 0.0139. The van der Waals surface area contributed by atoms with Gasteiger partial charge in [-0.2, -0.15) is 0 Å². The maximum absolute atomic E-state index is 12.9. The van der Waals surface area contributed by atoms with E-state index in [0.29, 0.717) is 36.7 Å². The van der Waals surface area contributed by atoms with Gasteiger partial charge < -0.3 is 18.6 Å². The molecule has 7 heteroatoms. The summed E-state index contributed by atoms with van der Waals surface area (Å²) < 4.78 is 10.7. The number of carbonyl (C=O) groups excluding carboxylic acids is 2. The first-order chi connectivity index (χ1) is 18.1. The van der Waals surface area contributed by atoms with E-state index < -0.39 is 0 Å². The van der Waals surface area contributed by atoms with Gasteiger partial charge in [0.2, 0.25) is 0 Å². The maximum Gasteiger partial charge on any atom is 0.324 e. The molecule has 2 saturated carbocycles. The van der Waals surface area contributed by atoms with Gasteiger partial charge in [-0.05, 0) is 95.6 Å². The monoisotopic (exact) mass is 554 g/mol. The maximum atomic E-state index is 12.9. The molecule has 0 amide bonds. The van der Waals surface area contributed by atoms with E-state index in [1.807, 2.05) is 38.1 Å². The van der Waals surface area contributed by atoms with Crippen LogP contribution in [0.1, 0.15) is 112 Å². The summed E-state index contributed by atoms with van der Waals surface area (Å²) in [5, 5.41) is 21.1. The predicted molar refractivity (Wildman–Crippen MR) is 154 cm³/mol. The highest BCUT2D eigenvalue weighted by molar-refractivity contribution is 7.90. The number of carbonyl (C=O) groups is 2. The fraction of sp³-hybridized carbons (Fsp3) is 0.562. The minimum Gasteiger partial charge on any atom is -0.507 e. The summed E-state index contributed by atoms with van der Waals surface area (Å²) in [6, 6.07) is 7.92. The predicted octanol–water partition coefficient (Wildman–Crippen LogP) is 7.65. The third-order valence-electron chi connectivity index (χ3n) is 8.50. The van der Waals surface area contributed by atoms with Crippen LogP contribution in [0.2, 0.25) is 0 Å². The van der Waals surface area contributed by atoms with Gasteiger partial charge in [-0.25, -0.2) is 0 Å². The van der Waals surface area contributed by atoms with Crippen molar-refractivity contribution in [3.05, 3.63) is 57.6 Å². The molecular weight excluding hydrogens is 512 g/mol. The van der Waals surface area contributed by atoms with Gasteiger partial charge in [0.25, 0.3) is 12.3 Å². The third-order valence-corrected chi connectivity index (χ3v) is 8.97. The zero-order valence-electron chi connectivity index (χ0n) is 24.4. The van der Waals surface area contributed by atoms with E-state index >= 15 is 0 Å². The number of aryl methyl sites for hydroxylation is 2. The van der Waals surface area contributed by atoms with E-state index in [1.165, 1.54) is 0 Å². The van der Waals surface area contributed by atoms with Crippen LogP contribution in [-0.2, 0) is 28.8 Å². The smallest absolute Gasteiger partial charge is 0.324 e. The van der Waals surface area contributed by atoms with Crippen molar-refractivity contribution >= 4 is 24.3 Å². The number of aromatic hydroxyl groups is 2. The highest BCUT2D eigenvalue weighted by Crippen LogP contribution is 2.48. The summed E-state index contributed by atoms with van der Waals surface area (Å²) in [6.07, 6.45) is 3.16. The number of benzene rings is 2. The SMILES string of the molecule is Cc1cc(C2CCC2C(=O)OSOC(=O)C2CCC2c2cc(C)c(O)c(C(C)(C)C)c2)cc(C(C)(C)C)c1O. The van der Waals surface area contributed by atoms with Crippen molar-refractivity contribution in [1.29, 1.82) is 0 Å². The second-order valence-electron chi connectivity index (χ2n) is 13.4. The lowest BCUT2D eigenvalue weighted by Crippen LogP contribution is -2.33. The summed E-state index contributed by atoms with van der Waals surface area (Å²) in [5.41, 5.74) is 4.95. The Hall–Kier alpha value is -2.67. The van der Waals surface area contributed by atoms with Gasteiger partial charge in [0.1, 0.15) is 11.5 Å². The van der Waals surface area contributed by atoms with Crippen molar-refractivity contribution in [3.8, 4) is 11.5 Å². The molecule has 2 fully saturated rings. The lowest BCUT2D eigenvalue weighted by molar-refractivity contribution is -0.144. The standard InChI is InChI=1S/C32H42O6S/c1-17-13-19(15-25(27(17)33)31(3,4)5)21-9-11-23(21)29(35)37-39-38-30(36)24-12-10-22(24)20-14-18(2)28(34)26(16-20)32(6,7)8/h13-16,21-24,33-34H,9-12H2,1-8H3. The molecular formula is C32H42O6S. The van der Waals surface area contributed by atoms with E-state index in [1.54, 1.807) is 0 Å². The van der Waals surface area contributed by atoms with Gasteiger partial charge in [-0.15, -0.1) is 0 Å². The average Bonchev–Trinajstić information content (AvgIpc) is 2.75. The van der Waals surface area contributed by atoms with Crippen LogP contribution in [0.15, 0.2) is 24.3 Å². The van der Waals surface area contributed by atoms with Crippen LogP contribution in [0.5, 0.6) is 11.5 Å². The molecule has 0 radical (unpaired) electrons. The Balaban J connectivity index is 1.35. The van der Waals surface area contributed by atoms with Crippen molar-refractivity contribution < 1.29 is 28.2 Å². The molecule has 0 heterocycles. The fourth-order valence-electron chi connectivity index (χ4n) is 5.76. The number of hydrogen-bond acceptors (Lipinski definition) is 7. The Morgan fingerprint density at radius 3 is 1.33 bits per heavy atom. The topological polar surface area (TPSA) is 93.1 Å². The van der Waals surface area contributed by atoms with Crippen LogP contribution < -0.4 is 0 Å². The zero-order valence-corrected chi connectivity index (χ0v) is 25.2. The average molecular weight is 555 g/mol. The number of phenolic OH excluding ortho intramolecular Hbond substituents is 2. The van der Waals surface area contributed by atoms with Gasteiger partial charge in [-0.1, -0.05) is 65.8 Å². The molecule has 0 aliphatic heterocycles. The summed E-state index contributed by atoms with van der Waals surface area (Å²) in [7, 11) is 0. The van der Waals surface area contributed by atoms with Crippen LogP contribution in [0, 0.1) is 25.7 Å². The van der Waals surface area contributed by atoms with Gasteiger partial charge in [0.15, 0.2) is 0 Å². The molecule has 2 aliphatic carbocycles. The molecule has 6 nitrogen and oxygen atoms in total. The Morgan fingerprint density at radius 2 is 1.05 bits per heavy atom. The first-order valence-corrected chi connectivity index (χ1v) is 14.5. The van der Waals surface area contributed by atoms with Gasteiger partial charge in [0.05, 0.1) is 11.8 Å². The molecule has 212 valence electrons. The lowest BCUT2D eigenvalue weighted by Gasteiger charge is -2.36. The van der Waals surface area contributed by atoms with E-state index in [2.05, 4.69) is 41.5 Å². The normalized spacial score (nSPS) is 23.0. The van der Waals surface area contributed by atoms with Crippen LogP contribution in [0.4, 0.5) is 0 Å². The molecule has 2 aromatic rings. The Bertz CT molecular complexity index is 1170.